The second-order valence-corrected chi connectivity index (χ2v) is 8.23. The molecule has 0 spiro atoms. The second-order valence-electron chi connectivity index (χ2n) is 8.23. The highest BCUT2D eigenvalue weighted by molar-refractivity contribution is 5.94. The van der Waals surface area contributed by atoms with Crippen LogP contribution >= 0.6 is 0 Å². The number of hydrogen-bond acceptors (Lipinski definition) is 4. The van der Waals surface area contributed by atoms with Gasteiger partial charge in [0.15, 0.2) is 5.89 Å². The summed E-state index contributed by atoms with van der Waals surface area (Å²) in [7, 11) is 1.75. The molecule has 0 aliphatic carbocycles. The minimum atomic E-state index is -0.0846. The van der Waals surface area contributed by atoms with Crippen LogP contribution in [0.4, 0.5) is 0 Å². The number of oxazole rings is 1. The van der Waals surface area contributed by atoms with Gasteiger partial charge in [0.1, 0.15) is 11.5 Å². The molecule has 0 fully saturated rings. The third kappa shape index (κ3) is 6.81. The Hall–Kier alpha value is -3.85. The van der Waals surface area contributed by atoms with Crippen molar-refractivity contribution in [2.24, 2.45) is 0 Å². The monoisotopic (exact) mass is 443 g/mol. The summed E-state index contributed by atoms with van der Waals surface area (Å²) >= 11 is 0. The minimum Gasteiger partial charge on any atom is -0.446 e. The van der Waals surface area contributed by atoms with Crippen LogP contribution in [0.15, 0.2) is 52.9 Å². The minimum absolute atomic E-state index is 0.0236. The summed E-state index contributed by atoms with van der Waals surface area (Å²) in [5, 5.41) is 2.89. The number of carbonyl (C=O) groups is 2. The third-order valence-electron chi connectivity index (χ3n) is 5.16. The van der Waals surface area contributed by atoms with Crippen molar-refractivity contribution < 1.29 is 14.0 Å². The van der Waals surface area contributed by atoms with Crippen LogP contribution < -0.4 is 5.32 Å². The van der Waals surface area contributed by atoms with Gasteiger partial charge in [0, 0.05) is 43.6 Å². The topological polar surface area (TPSA) is 75.4 Å². The molecule has 1 N–H and O–H groups in total. The van der Waals surface area contributed by atoms with Crippen LogP contribution in [0.5, 0.6) is 0 Å². The first-order chi connectivity index (χ1) is 15.7. The molecule has 1 aromatic heterocycles. The van der Waals surface area contributed by atoms with Gasteiger partial charge in [-0.3, -0.25) is 9.59 Å². The quantitative estimate of drug-likeness (QED) is 0.584. The zero-order chi connectivity index (χ0) is 24.0. The molecule has 0 aliphatic heterocycles. The molecule has 0 aliphatic rings. The molecule has 3 aromatic rings. The number of benzene rings is 2. The average molecular weight is 444 g/mol. The van der Waals surface area contributed by atoms with E-state index in [-0.39, 0.29) is 17.9 Å². The molecule has 2 aromatic carbocycles. The molecule has 6 heteroatoms. The van der Waals surface area contributed by atoms with Crippen molar-refractivity contribution >= 4 is 11.8 Å². The molecule has 0 radical (unpaired) electrons. The number of aromatic nitrogens is 1. The van der Waals surface area contributed by atoms with Crippen LogP contribution in [-0.4, -0.2) is 34.8 Å². The fourth-order valence-corrected chi connectivity index (χ4v) is 3.55. The normalized spacial score (nSPS) is 11.3. The maximum atomic E-state index is 12.7. The van der Waals surface area contributed by atoms with E-state index in [1.165, 1.54) is 6.92 Å². The number of aryl methyl sites for hydroxylation is 2. The Morgan fingerprint density at radius 2 is 1.61 bits per heavy atom. The van der Waals surface area contributed by atoms with Gasteiger partial charge in [0.25, 0.3) is 5.91 Å². The summed E-state index contributed by atoms with van der Waals surface area (Å²) < 4.78 is 5.44. The lowest BCUT2D eigenvalue weighted by Crippen LogP contribution is -2.31. The molecule has 0 saturated carbocycles. The van der Waals surface area contributed by atoms with Gasteiger partial charge in [0.05, 0.1) is 6.54 Å². The van der Waals surface area contributed by atoms with E-state index in [4.69, 9.17) is 4.42 Å². The molecule has 6 nitrogen and oxygen atoms in total. The summed E-state index contributed by atoms with van der Waals surface area (Å²) in [6, 6.07) is 15.4. The molecule has 2 amide bonds. The SMILES string of the molecule is CC(=O)NC(C)Cc1ccc(C#Cc2ccc(C(=O)N(C)Cc3nc(C)oc3C)cc2)cc1. The van der Waals surface area contributed by atoms with Gasteiger partial charge in [0.2, 0.25) is 5.91 Å². The molecular formula is C27H29N3O3. The Morgan fingerprint density at radius 3 is 2.12 bits per heavy atom. The van der Waals surface area contributed by atoms with Gasteiger partial charge >= 0.3 is 0 Å². The summed E-state index contributed by atoms with van der Waals surface area (Å²) in [5.74, 6) is 7.51. The van der Waals surface area contributed by atoms with Gasteiger partial charge < -0.3 is 14.6 Å². The summed E-state index contributed by atoms with van der Waals surface area (Å²) in [6.45, 7) is 7.54. The summed E-state index contributed by atoms with van der Waals surface area (Å²) in [4.78, 5) is 29.8. The molecule has 170 valence electrons. The molecular weight excluding hydrogens is 414 g/mol. The Labute approximate surface area is 195 Å². The lowest BCUT2D eigenvalue weighted by atomic mass is 10.0. The van der Waals surface area contributed by atoms with Crippen LogP contribution in [0.3, 0.4) is 0 Å². The first kappa shape index (κ1) is 23.8. The van der Waals surface area contributed by atoms with Crippen molar-refractivity contribution in [3.8, 4) is 11.8 Å². The molecule has 1 heterocycles. The first-order valence-electron chi connectivity index (χ1n) is 10.9. The number of nitrogens with zero attached hydrogens (tertiary/aromatic N) is 2. The van der Waals surface area contributed by atoms with E-state index < -0.39 is 0 Å². The van der Waals surface area contributed by atoms with Crippen LogP contribution in [0.25, 0.3) is 0 Å². The van der Waals surface area contributed by atoms with Crippen LogP contribution in [0, 0.1) is 25.7 Å². The van der Waals surface area contributed by atoms with Crippen molar-refractivity contribution in [1.82, 2.24) is 15.2 Å². The predicted molar refractivity (Wildman–Crippen MR) is 128 cm³/mol. The van der Waals surface area contributed by atoms with Gasteiger partial charge in [-0.2, -0.15) is 0 Å². The Balaban J connectivity index is 1.60. The molecule has 1 atom stereocenters. The fourth-order valence-electron chi connectivity index (χ4n) is 3.55. The number of nitrogens with one attached hydrogen (secondary N) is 1. The first-order valence-corrected chi connectivity index (χ1v) is 10.9. The lowest BCUT2D eigenvalue weighted by Gasteiger charge is -2.16. The van der Waals surface area contributed by atoms with E-state index in [2.05, 4.69) is 22.1 Å². The molecule has 0 bridgehead atoms. The highest BCUT2D eigenvalue weighted by atomic mass is 16.4. The number of rotatable bonds is 6. The van der Waals surface area contributed by atoms with Gasteiger partial charge in [-0.15, -0.1) is 0 Å². The molecule has 1 unspecified atom stereocenters. The molecule has 0 saturated heterocycles. The van der Waals surface area contributed by atoms with Gasteiger partial charge in [-0.1, -0.05) is 24.0 Å². The van der Waals surface area contributed by atoms with Crippen molar-refractivity contribution in [1.29, 1.82) is 0 Å². The van der Waals surface area contributed by atoms with E-state index in [0.717, 1.165) is 34.6 Å². The van der Waals surface area contributed by atoms with Crippen LogP contribution in [0.1, 0.15) is 58.2 Å². The Kier molecular flexibility index (Phi) is 7.68. The summed E-state index contributed by atoms with van der Waals surface area (Å²) in [5.41, 5.74) is 4.24. The van der Waals surface area contributed by atoms with Crippen LogP contribution in [-0.2, 0) is 17.8 Å². The zero-order valence-corrected chi connectivity index (χ0v) is 19.7. The number of amides is 2. The van der Waals surface area contributed by atoms with Crippen molar-refractivity contribution in [3.63, 3.8) is 0 Å². The van der Waals surface area contributed by atoms with E-state index in [9.17, 15) is 9.59 Å². The van der Waals surface area contributed by atoms with Crippen molar-refractivity contribution in [2.45, 2.75) is 46.7 Å². The van der Waals surface area contributed by atoms with E-state index in [1.54, 1.807) is 31.0 Å². The predicted octanol–water partition coefficient (Wildman–Crippen LogP) is 4.03. The van der Waals surface area contributed by atoms with Crippen molar-refractivity contribution in [2.75, 3.05) is 7.05 Å². The van der Waals surface area contributed by atoms with Gasteiger partial charge in [-0.05, 0) is 62.2 Å². The number of hydrogen-bond donors (Lipinski definition) is 1. The highest BCUT2D eigenvalue weighted by Crippen LogP contribution is 2.14. The lowest BCUT2D eigenvalue weighted by molar-refractivity contribution is -0.119. The number of carbonyl (C=O) groups excluding carboxylic acids is 2. The average Bonchev–Trinajstić information content (AvgIpc) is 3.09. The largest absolute Gasteiger partial charge is 0.446 e. The standard InChI is InChI=1S/C27H29N3O3/c1-18(28-20(3)31)16-24-10-8-22(9-11-24)6-7-23-12-14-25(15-13-23)27(32)30(5)17-26-19(2)33-21(4)29-26/h8-15,18H,16-17H2,1-5H3,(H,28,31). The smallest absolute Gasteiger partial charge is 0.253 e. The third-order valence-corrected chi connectivity index (χ3v) is 5.16. The van der Waals surface area contributed by atoms with E-state index in [0.29, 0.717) is 18.0 Å². The Bertz CT molecular complexity index is 1180. The second kappa shape index (κ2) is 10.6. The highest BCUT2D eigenvalue weighted by Gasteiger charge is 2.15. The maximum Gasteiger partial charge on any atom is 0.253 e. The fraction of sp³-hybridized carbons (Fsp3) is 0.296. The van der Waals surface area contributed by atoms with Gasteiger partial charge in [-0.25, -0.2) is 4.98 Å². The van der Waals surface area contributed by atoms with Crippen LogP contribution in [0.2, 0.25) is 0 Å². The summed E-state index contributed by atoms with van der Waals surface area (Å²) in [6.07, 6.45) is 0.771. The molecule has 33 heavy (non-hydrogen) atoms. The van der Waals surface area contributed by atoms with Crippen molar-refractivity contribution in [3.05, 3.63) is 88.1 Å². The zero-order valence-electron chi connectivity index (χ0n) is 19.7. The van der Waals surface area contributed by atoms with E-state index in [1.807, 2.05) is 50.2 Å². The Morgan fingerprint density at radius 1 is 1.03 bits per heavy atom. The maximum absolute atomic E-state index is 12.7. The molecule has 3 rings (SSSR count). The van der Waals surface area contributed by atoms with E-state index >= 15 is 0 Å².